The Bertz CT molecular complexity index is 578. The summed E-state index contributed by atoms with van der Waals surface area (Å²) < 4.78 is 30.4. The summed E-state index contributed by atoms with van der Waals surface area (Å²) in [6.07, 6.45) is 0.324. The van der Waals surface area contributed by atoms with Crippen LogP contribution in [0.3, 0.4) is 0 Å². The lowest BCUT2D eigenvalue weighted by atomic mass is 10.2. The van der Waals surface area contributed by atoms with Gasteiger partial charge in [0.05, 0.1) is 17.0 Å². The van der Waals surface area contributed by atoms with E-state index in [0.717, 1.165) is 0 Å². The molecule has 0 saturated heterocycles. The second-order valence-corrected chi connectivity index (χ2v) is 5.27. The van der Waals surface area contributed by atoms with Crippen LogP contribution in [-0.4, -0.2) is 29.8 Å². The molecule has 7 nitrogen and oxygen atoms in total. The van der Waals surface area contributed by atoms with Gasteiger partial charge in [0.1, 0.15) is 0 Å². The second-order valence-electron chi connectivity index (χ2n) is 3.85. The van der Waals surface area contributed by atoms with Crippen LogP contribution in [0.2, 0.25) is 0 Å². The molecule has 0 radical (unpaired) electrons. The Balaban J connectivity index is 2.64. The summed E-state index contributed by atoms with van der Waals surface area (Å²) in [4.78, 5) is 10.1. The summed E-state index contributed by atoms with van der Waals surface area (Å²) in [5, 5.41) is 12.4. The molecule has 19 heavy (non-hydrogen) atoms. The standard InChI is InChI=1S/C11H14N2O5S/c1-8(2-7-11(14)15)12-13-9-3-5-10(6-4-9)19(16,17)18/h3-6,13H,2,7H2,1H3,(H,14,15)(H,16,17,18)/b12-8-. The van der Waals surface area contributed by atoms with E-state index in [9.17, 15) is 13.2 Å². The highest BCUT2D eigenvalue weighted by Gasteiger charge is 2.08. The van der Waals surface area contributed by atoms with Gasteiger partial charge < -0.3 is 5.11 Å². The van der Waals surface area contributed by atoms with Gasteiger partial charge in [-0.3, -0.25) is 14.8 Å². The van der Waals surface area contributed by atoms with Gasteiger partial charge in [-0.1, -0.05) is 0 Å². The number of carbonyl (C=O) groups is 1. The number of anilines is 1. The molecule has 0 bridgehead atoms. The Morgan fingerprint density at radius 2 is 1.84 bits per heavy atom. The van der Waals surface area contributed by atoms with Crippen molar-refractivity contribution < 1.29 is 22.9 Å². The van der Waals surface area contributed by atoms with Gasteiger partial charge in [-0.05, 0) is 37.6 Å². The third kappa shape index (κ3) is 5.49. The molecule has 0 spiro atoms. The molecule has 0 heterocycles. The van der Waals surface area contributed by atoms with Crippen LogP contribution in [0.1, 0.15) is 19.8 Å². The van der Waals surface area contributed by atoms with Gasteiger partial charge in [0.2, 0.25) is 0 Å². The van der Waals surface area contributed by atoms with Gasteiger partial charge >= 0.3 is 5.97 Å². The molecule has 0 saturated carbocycles. The quantitative estimate of drug-likeness (QED) is 0.415. The molecule has 0 aromatic heterocycles. The predicted molar refractivity (Wildman–Crippen MR) is 69.9 cm³/mol. The van der Waals surface area contributed by atoms with Crippen molar-refractivity contribution in [3.8, 4) is 0 Å². The van der Waals surface area contributed by atoms with Crippen molar-refractivity contribution in [2.75, 3.05) is 5.43 Å². The number of hydrazone groups is 1. The average Bonchev–Trinajstić information content (AvgIpc) is 2.33. The maximum absolute atomic E-state index is 10.8. The molecular formula is C11H14N2O5S. The van der Waals surface area contributed by atoms with Crippen molar-refractivity contribution >= 4 is 27.5 Å². The summed E-state index contributed by atoms with van der Waals surface area (Å²) in [5.74, 6) is -0.896. The van der Waals surface area contributed by atoms with Crippen molar-refractivity contribution in [2.24, 2.45) is 5.10 Å². The highest BCUT2D eigenvalue weighted by molar-refractivity contribution is 7.85. The Labute approximate surface area is 110 Å². The summed E-state index contributed by atoms with van der Waals surface area (Å²) in [7, 11) is -4.20. The molecule has 0 fully saturated rings. The van der Waals surface area contributed by atoms with Gasteiger partial charge in [0.25, 0.3) is 10.1 Å². The summed E-state index contributed by atoms with van der Waals surface area (Å²) in [5.41, 5.74) is 3.81. The minimum Gasteiger partial charge on any atom is -0.481 e. The molecule has 3 N–H and O–H groups in total. The van der Waals surface area contributed by atoms with Crippen LogP contribution in [-0.2, 0) is 14.9 Å². The van der Waals surface area contributed by atoms with E-state index < -0.39 is 16.1 Å². The maximum atomic E-state index is 10.8. The third-order valence-corrected chi connectivity index (χ3v) is 3.10. The van der Waals surface area contributed by atoms with Crippen molar-refractivity contribution in [3.63, 3.8) is 0 Å². The number of aliphatic carboxylic acids is 1. The minimum absolute atomic E-state index is 0.00128. The molecule has 0 aliphatic rings. The number of carboxylic acid groups (broad SMARTS) is 1. The first-order chi connectivity index (χ1) is 8.79. The number of rotatable bonds is 6. The fraction of sp³-hybridized carbons (Fsp3) is 0.273. The first-order valence-electron chi connectivity index (χ1n) is 5.37. The number of hydrogen-bond acceptors (Lipinski definition) is 5. The lowest BCUT2D eigenvalue weighted by molar-refractivity contribution is -0.136. The van der Waals surface area contributed by atoms with Crippen molar-refractivity contribution in [3.05, 3.63) is 24.3 Å². The van der Waals surface area contributed by atoms with Gasteiger partial charge in [-0.15, -0.1) is 0 Å². The van der Waals surface area contributed by atoms with Crippen LogP contribution in [0.5, 0.6) is 0 Å². The fourth-order valence-electron chi connectivity index (χ4n) is 1.21. The summed E-state index contributed by atoms with van der Waals surface area (Å²) in [6.45, 7) is 1.68. The first-order valence-corrected chi connectivity index (χ1v) is 6.81. The zero-order valence-corrected chi connectivity index (χ0v) is 11.0. The zero-order chi connectivity index (χ0) is 14.5. The number of nitrogens with zero attached hydrogens (tertiary/aromatic N) is 1. The lowest BCUT2D eigenvalue weighted by Gasteiger charge is -2.03. The Kier molecular flexibility index (Phi) is 5.02. The first kappa shape index (κ1) is 15.1. The largest absolute Gasteiger partial charge is 0.481 e. The second kappa shape index (κ2) is 6.30. The number of hydrogen-bond donors (Lipinski definition) is 3. The van der Waals surface area contributed by atoms with E-state index in [4.69, 9.17) is 9.66 Å². The molecule has 0 atom stereocenters. The van der Waals surface area contributed by atoms with Gasteiger partial charge in [0, 0.05) is 5.71 Å². The Hall–Kier alpha value is -1.93. The molecular weight excluding hydrogens is 272 g/mol. The van der Waals surface area contributed by atoms with E-state index >= 15 is 0 Å². The van der Waals surface area contributed by atoms with E-state index in [-0.39, 0.29) is 11.3 Å². The number of carboxylic acids is 1. The Morgan fingerprint density at radius 1 is 1.26 bits per heavy atom. The normalized spacial score (nSPS) is 12.2. The van der Waals surface area contributed by atoms with Gasteiger partial charge in [-0.2, -0.15) is 13.5 Å². The zero-order valence-electron chi connectivity index (χ0n) is 10.2. The average molecular weight is 286 g/mol. The van der Waals surface area contributed by atoms with Gasteiger partial charge in [-0.25, -0.2) is 0 Å². The summed E-state index contributed by atoms with van der Waals surface area (Å²) in [6, 6.07) is 5.35. The van der Waals surface area contributed by atoms with Crippen LogP contribution < -0.4 is 5.43 Å². The van der Waals surface area contributed by atoms with Crippen molar-refractivity contribution in [1.82, 2.24) is 0 Å². The van der Waals surface area contributed by atoms with Crippen LogP contribution in [0.25, 0.3) is 0 Å². The van der Waals surface area contributed by atoms with Crippen LogP contribution in [0.4, 0.5) is 5.69 Å². The molecule has 0 amide bonds. The lowest BCUT2D eigenvalue weighted by Crippen LogP contribution is -2.02. The molecule has 0 unspecified atom stereocenters. The highest BCUT2D eigenvalue weighted by atomic mass is 32.2. The monoisotopic (exact) mass is 286 g/mol. The molecule has 0 aliphatic heterocycles. The maximum Gasteiger partial charge on any atom is 0.303 e. The van der Waals surface area contributed by atoms with Gasteiger partial charge in [0.15, 0.2) is 0 Å². The van der Waals surface area contributed by atoms with E-state index in [1.165, 1.54) is 24.3 Å². The number of benzene rings is 1. The Morgan fingerprint density at radius 3 is 2.32 bits per heavy atom. The minimum atomic E-state index is -4.20. The summed E-state index contributed by atoms with van der Waals surface area (Å²) >= 11 is 0. The molecule has 1 aromatic carbocycles. The van der Waals surface area contributed by atoms with Crippen LogP contribution in [0, 0.1) is 0 Å². The predicted octanol–water partition coefficient (Wildman–Crippen LogP) is 1.59. The van der Waals surface area contributed by atoms with E-state index in [2.05, 4.69) is 10.5 Å². The van der Waals surface area contributed by atoms with E-state index in [1.54, 1.807) is 6.92 Å². The van der Waals surface area contributed by atoms with Crippen molar-refractivity contribution in [1.29, 1.82) is 0 Å². The third-order valence-electron chi connectivity index (χ3n) is 2.23. The highest BCUT2D eigenvalue weighted by Crippen LogP contribution is 2.13. The molecule has 8 heteroatoms. The SMILES string of the molecule is C/C(CCC(=O)O)=N/Nc1ccc(S(=O)(=O)O)cc1. The van der Waals surface area contributed by atoms with E-state index in [0.29, 0.717) is 17.8 Å². The van der Waals surface area contributed by atoms with Crippen molar-refractivity contribution in [2.45, 2.75) is 24.7 Å². The topological polar surface area (TPSA) is 116 Å². The molecule has 1 rings (SSSR count). The smallest absolute Gasteiger partial charge is 0.303 e. The van der Waals surface area contributed by atoms with Crippen LogP contribution >= 0.6 is 0 Å². The fourth-order valence-corrected chi connectivity index (χ4v) is 1.69. The number of nitrogens with one attached hydrogen (secondary N) is 1. The van der Waals surface area contributed by atoms with E-state index in [1.807, 2.05) is 0 Å². The van der Waals surface area contributed by atoms with Crippen LogP contribution in [0.15, 0.2) is 34.3 Å². The molecule has 0 aliphatic carbocycles. The molecule has 104 valence electrons. The molecule has 1 aromatic rings.